The maximum atomic E-state index is 13.6. The van der Waals surface area contributed by atoms with E-state index >= 15 is 0 Å². The number of amides is 1. The highest BCUT2D eigenvalue weighted by molar-refractivity contribution is 9.10. The minimum Gasteiger partial charge on any atom is -0.494 e. The molecule has 0 aromatic heterocycles. The van der Waals surface area contributed by atoms with E-state index in [1.165, 1.54) is 25.3 Å². The van der Waals surface area contributed by atoms with E-state index in [9.17, 15) is 9.18 Å². The Balaban J connectivity index is 2.14. The minimum atomic E-state index is -0.557. The molecule has 0 saturated carbocycles. The summed E-state index contributed by atoms with van der Waals surface area (Å²) < 4.78 is 19.4. The normalized spacial score (nSPS) is 11.8. The van der Waals surface area contributed by atoms with Crippen LogP contribution in [0.1, 0.15) is 28.9 Å². The lowest BCUT2D eigenvalue weighted by atomic mass is 10.1. The van der Waals surface area contributed by atoms with Gasteiger partial charge in [-0.05, 0) is 36.8 Å². The zero-order chi connectivity index (χ0) is 15.4. The van der Waals surface area contributed by atoms with E-state index in [-0.39, 0.29) is 23.3 Å². The van der Waals surface area contributed by atoms with E-state index in [4.69, 9.17) is 4.74 Å². The van der Waals surface area contributed by atoms with Crippen LogP contribution in [0.3, 0.4) is 0 Å². The molecule has 0 bridgehead atoms. The van der Waals surface area contributed by atoms with Crippen molar-refractivity contribution in [2.75, 3.05) is 7.11 Å². The van der Waals surface area contributed by atoms with E-state index in [1.54, 1.807) is 0 Å². The Morgan fingerprint density at radius 2 is 2.00 bits per heavy atom. The number of halogens is 2. The number of methoxy groups -OCH3 is 1. The van der Waals surface area contributed by atoms with Gasteiger partial charge in [-0.1, -0.05) is 34.1 Å². The molecule has 5 heteroatoms. The van der Waals surface area contributed by atoms with Crippen LogP contribution in [0.15, 0.2) is 46.9 Å². The third kappa shape index (κ3) is 3.61. The molecule has 0 saturated heterocycles. The maximum Gasteiger partial charge on any atom is 0.251 e. The smallest absolute Gasteiger partial charge is 0.251 e. The van der Waals surface area contributed by atoms with E-state index < -0.39 is 5.82 Å². The molecule has 0 spiro atoms. The Morgan fingerprint density at radius 1 is 1.29 bits per heavy atom. The van der Waals surface area contributed by atoms with Crippen LogP contribution in [0.5, 0.6) is 5.75 Å². The summed E-state index contributed by atoms with van der Waals surface area (Å²) in [6.07, 6.45) is 0. The first-order valence-electron chi connectivity index (χ1n) is 6.41. The molecule has 0 aliphatic carbocycles. The number of hydrogen-bond donors (Lipinski definition) is 1. The average molecular weight is 352 g/mol. The van der Waals surface area contributed by atoms with E-state index in [1.807, 2.05) is 31.2 Å². The maximum absolute atomic E-state index is 13.6. The molecule has 3 nitrogen and oxygen atoms in total. The lowest BCUT2D eigenvalue weighted by molar-refractivity contribution is 0.0939. The molecular weight excluding hydrogens is 337 g/mol. The average Bonchev–Trinajstić information content (AvgIpc) is 2.47. The summed E-state index contributed by atoms with van der Waals surface area (Å²) in [7, 11) is 1.38. The van der Waals surface area contributed by atoms with Gasteiger partial charge in [0, 0.05) is 10.0 Å². The van der Waals surface area contributed by atoms with Gasteiger partial charge in [0.15, 0.2) is 11.6 Å². The second kappa shape index (κ2) is 6.72. The number of rotatable bonds is 4. The van der Waals surface area contributed by atoms with E-state index in [0.29, 0.717) is 0 Å². The monoisotopic (exact) mass is 351 g/mol. The van der Waals surface area contributed by atoms with Crippen LogP contribution in [-0.4, -0.2) is 13.0 Å². The van der Waals surface area contributed by atoms with Gasteiger partial charge in [-0.2, -0.15) is 0 Å². The van der Waals surface area contributed by atoms with Crippen molar-refractivity contribution in [1.82, 2.24) is 5.32 Å². The van der Waals surface area contributed by atoms with Crippen LogP contribution in [0.25, 0.3) is 0 Å². The second-order valence-corrected chi connectivity index (χ2v) is 5.42. The number of hydrogen-bond acceptors (Lipinski definition) is 2. The molecule has 1 amide bonds. The topological polar surface area (TPSA) is 38.3 Å². The zero-order valence-electron chi connectivity index (χ0n) is 11.7. The van der Waals surface area contributed by atoms with Gasteiger partial charge in [-0.25, -0.2) is 4.39 Å². The van der Waals surface area contributed by atoms with Gasteiger partial charge < -0.3 is 10.1 Å². The van der Waals surface area contributed by atoms with Crippen LogP contribution in [-0.2, 0) is 0 Å². The quantitative estimate of drug-likeness (QED) is 0.900. The summed E-state index contributed by atoms with van der Waals surface area (Å²) in [5.41, 5.74) is 1.21. The summed E-state index contributed by atoms with van der Waals surface area (Å²) in [4.78, 5) is 12.2. The van der Waals surface area contributed by atoms with Crippen molar-refractivity contribution in [2.45, 2.75) is 13.0 Å². The molecule has 0 aliphatic heterocycles. The third-order valence-corrected chi connectivity index (χ3v) is 3.86. The number of carbonyl (C=O) groups excluding carboxylic acids is 1. The van der Waals surface area contributed by atoms with Crippen LogP contribution in [0.2, 0.25) is 0 Å². The Morgan fingerprint density at radius 3 is 2.62 bits per heavy atom. The largest absolute Gasteiger partial charge is 0.494 e. The highest BCUT2D eigenvalue weighted by atomic mass is 79.9. The molecule has 1 unspecified atom stereocenters. The van der Waals surface area contributed by atoms with Crippen molar-refractivity contribution in [1.29, 1.82) is 0 Å². The molecule has 2 aromatic rings. The molecule has 1 N–H and O–H groups in total. The van der Waals surface area contributed by atoms with Crippen LogP contribution in [0.4, 0.5) is 4.39 Å². The predicted octanol–water partition coefficient (Wildman–Crippen LogP) is 4.09. The second-order valence-electron chi connectivity index (χ2n) is 4.57. The van der Waals surface area contributed by atoms with Gasteiger partial charge in [-0.3, -0.25) is 4.79 Å². The van der Waals surface area contributed by atoms with E-state index in [2.05, 4.69) is 21.2 Å². The minimum absolute atomic E-state index is 0.116. The fourth-order valence-electron chi connectivity index (χ4n) is 1.99. The van der Waals surface area contributed by atoms with Crippen molar-refractivity contribution >= 4 is 21.8 Å². The van der Waals surface area contributed by atoms with E-state index in [0.717, 1.165) is 10.0 Å². The summed E-state index contributed by atoms with van der Waals surface area (Å²) in [5.74, 6) is -0.774. The molecule has 0 aliphatic rings. The van der Waals surface area contributed by atoms with Crippen molar-refractivity contribution < 1.29 is 13.9 Å². The molecule has 21 heavy (non-hydrogen) atoms. The Bertz CT molecular complexity index is 660. The number of carbonyl (C=O) groups is 1. The molecule has 0 heterocycles. The van der Waals surface area contributed by atoms with Crippen molar-refractivity contribution in [3.63, 3.8) is 0 Å². The van der Waals surface area contributed by atoms with Crippen LogP contribution < -0.4 is 10.1 Å². The van der Waals surface area contributed by atoms with Gasteiger partial charge in [0.2, 0.25) is 0 Å². The third-order valence-electron chi connectivity index (χ3n) is 3.13. The van der Waals surface area contributed by atoms with Gasteiger partial charge >= 0.3 is 0 Å². The van der Waals surface area contributed by atoms with Crippen LogP contribution >= 0.6 is 15.9 Å². The fraction of sp³-hybridized carbons (Fsp3) is 0.188. The van der Waals surface area contributed by atoms with Crippen molar-refractivity contribution in [2.24, 2.45) is 0 Å². The first-order chi connectivity index (χ1) is 10.0. The Hall–Kier alpha value is -1.88. The summed E-state index contributed by atoms with van der Waals surface area (Å²) in [6, 6.07) is 11.6. The summed E-state index contributed by atoms with van der Waals surface area (Å²) >= 11 is 3.45. The molecular formula is C16H15BrFNO2. The number of nitrogens with one attached hydrogen (secondary N) is 1. The molecule has 110 valence electrons. The first kappa shape index (κ1) is 15.5. The molecule has 2 rings (SSSR count). The highest BCUT2D eigenvalue weighted by Crippen LogP contribution is 2.23. The van der Waals surface area contributed by atoms with Gasteiger partial charge in [0.1, 0.15) is 0 Å². The molecule has 0 fully saturated rings. The van der Waals surface area contributed by atoms with Gasteiger partial charge in [-0.15, -0.1) is 0 Å². The SMILES string of the molecule is COc1ccc(C(=O)NC(C)c2ccccc2Br)cc1F. The lowest BCUT2D eigenvalue weighted by Crippen LogP contribution is -2.26. The summed E-state index contributed by atoms with van der Waals surface area (Å²) in [6.45, 7) is 1.87. The zero-order valence-corrected chi connectivity index (χ0v) is 13.3. The Kier molecular flexibility index (Phi) is 4.96. The lowest BCUT2D eigenvalue weighted by Gasteiger charge is -2.16. The molecule has 2 aromatic carbocycles. The van der Waals surface area contributed by atoms with Gasteiger partial charge in [0.25, 0.3) is 5.91 Å². The predicted molar refractivity (Wildman–Crippen MR) is 83.0 cm³/mol. The number of ether oxygens (including phenoxy) is 1. The number of benzene rings is 2. The molecule has 1 atom stereocenters. The van der Waals surface area contributed by atoms with Crippen molar-refractivity contribution in [3.8, 4) is 5.75 Å². The van der Waals surface area contributed by atoms with Crippen molar-refractivity contribution in [3.05, 3.63) is 63.9 Å². The standard InChI is InChI=1S/C16H15BrFNO2/c1-10(12-5-3-4-6-13(12)17)19-16(20)11-7-8-15(21-2)14(18)9-11/h3-10H,1-2H3,(H,19,20). The summed E-state index contributed by atoms with van der Waals surface area (Å²) in [5, 5.41) is 2.84. The highest BCUT2D eigenvalue weighted by Gasteiger charge is 2.15. The Labute approximate surface area is 131 Å². The van der Waals surface area contributed by atoms with Crippen LogP contribution in [0, 0.1) is 5.82 Å². The van der Waals surface area contributed by atoms with Gasteiger partial charge in [0.05, 0.1) is 13.2 Å². The molecule has 0 radical (unpaired) electrons. The fourth-order valence-corrected chi connectivity index (χ4v) is 2.62. The first-order valence-corrected chi connectivity index (χ1v) is 7.21.